The summed E-state index contributed by atoms with van der Waals surface area (Å²) in [6, 6.07) is 10.4. The maximum Gasteiger partial charge on any atom is 0.262 e. The van der Waals surface area contributed by atoms with E-state index in [-0.39, 0.29) is 5.91 Å². The van der Waals surface area contributed by atoms with Crippen LogP contribution in [0, 0.1) is 11.8 Å². The summed E-state index contributed by atoms with van der Waals surface area (Å²) in [7, 11) is 0. The fourth-order valence-corrected chi connectivity index (χ4v) is 5.23. The molecule has 134 valence electrons. The molecular formula is C20H25BrN2OS. The average molecular weight is 421 g/mol. The van der Waals surface area contributed by atoms with E-state index in [2.05, 4.69) is 58.2 Å². The summed E-state index contributed by atoms with van der Waals surface area (Å²) in [4.78, 5) is 15.6. The quantitative estimate of drug-likeness (QED) is 0.744. The van der Waals surface area contributed by atoms with Crippen LogP contribution in [0.3, 0.4) is 0 Å². The highest BCUT2D eigenvalue weighted by Gasteiger charge is 2.22. The van der Waals surface area contributed by atoms with Crippen molar-refractivity contribution in [2.24, 2.45) is 11.8 Å². The largest absolute Gasteiger partial charge is 0.347 e. The summed E-state index contributed by atoms with van der Waals surface area (Å²) in [5, 5.41) is 4.98. The van der Waals surface area contributed by atoms with Gasteiger partial charge in [-0.25, -0.2) is 0 Å². The molecule has 0 radical (unpaired) electrons. The summed E-state index contributed by atoms with van der Waals surface area (Å²) in [5.41, 5.74) is 2.52. The second-order valence-electron chi connectivity index (χ2n) is 7.19. The van der Waals surface area contributed by atoms with Crippen LogP contribution in [0.1, 0.15) is 41.1 Å². The minimum Gasteiger partial charge on any atom is -0.347 e. The third-order valence-electron chi connectivity index (χ3n) is 4.72. The molecule has 3 rings (SSSR count). The Hall–Kier alpha value is -1.17. The first kappa shape index (κ1) is 18.6. The molecule has 0 saturated carbocycles. The number of rotatable bonds is 5. The number of thiophene rings is 1. The van der Waals surface area contributed by atoms with Gasteiger partial charge in [-0.05, 0) is 56.8 Å². The van der Waals surface area contributed by atoms with Crippen LogP contribution in [-0.4, -0.2) is 23.9 Å². The zero-order valence-corrected chi connectivity index (χ0v) is 17.2. The molecule has 1 saturated heterocycles. The maximum absolute atomic E-state index is 12.3. The highest BCUT2D eigenvalue weighted by atomic mass is 79.9. The number of likely N-dealkylation sites (tertiary alicyclic amines) is 1. The molecule has 1 amide bonds. The van der Waals surface area contributed by atoms with Gasteiger partial charge >= 0.3 is 0 Å². The van der Waals surface area contributed by atoms with Gasteiger partial charge in [0.1, 0.15) is 4.88 Å². The minimum atomic E-state index is -0.0168. The molecule has 5 heteroatoms. The first-order valence-electron chi connectivity index (χ1n) is 8.83. The normalized spacial score (nSPS) is 21.2. The van der Waals surface area contributed by atoms with Crippen LogP contribution in [0.25, 0.3) is 0 Å². The number of benzene rings is 1. The average Bonchev–Trinajstić information content (AvgIpc) is 2.99. The molecule has 25 heavy (non-hydrogen) atoms. The van der Waals surface area contributed by atoms with Crippen molar-refractivity contribution in [3.63, 3.8) is 0 Å². The van der Waals surface area contributed by atoms with Crippen molar-refractivity contribution in [3.05, 3.63) is 56.2 Å². The summed E-state index contributed by atoms with van der Waals surface area (Å²) < 4.78 is 0.861. The number of halogens is 1. The van der Waals surface area contributed by atoms with Crippen LogP contribution in [0.2, 0.25) is 0 Å². The fourth-order valence-electron chi connectivity index (χ4n) is 3.76. The van der Waals surface area contributed by atoms with Gasteiger partial charge in [0.15, 0.2) is 0 Å². The van der Waals surface area contributed by atoms with E-state index in [0.29, 0.717) is 6.54 Å². The minimum absolute atomic E-state index is 0.0168. The first-order chi connectivity index (χ1) is 12.0. The van der Waals surface area contributed by atoms with E-state index in [0.717, 1.165) is 40.8 Å². The highest BCUT2D eigenvalue weighted by Crippen LogP contribution is 2.24. The number of hydrogen-bond donors (Lipinski definition) is 1. The Morgan fingerprint density at radius 2 is 1.88 bits per heavy atom. The van der Waals surface area contributed by atoms with Gasteiger partial charge in [0.2, 0.25) is 0 Å². The zero-order chi connectivity index (χ0) is 17.8. The molecule has 2 aromatic rings. The van der Waals surface area contributed by atoms with E-state index in [9.17, 15) is 4.79 Å². The molecule has 1 N–H and O–H groups in total. The smallest absolute Gasteiger partial charge is 0.262 e. The molecule has 1 aromatic heterocycles. The van der Waals surface area contributed by atoms with Crippen LogP contribution in [-0.2, 0) is 13.1 Å². The van der Waals surface area contributed by atoms with Gasteiger partial charge < -0.3 is 5.32 Å². The SMILES string of the molecule is CC1CC(C)CN(Cc2ccccc2CNC(=O)c2sccc2Br)C1. The van der Waals surface area contributed by atoms with Gasteiger partial charge in [-0.1, -0.05) is 38.1 Å². The summed E-state index contributed by atoms with van der Waals surface area (Å²) >= 11 is 4.89. The Balaban J connectivity index is 1.65. The summed E-state index contributed by atoms with van der Waals surface area (Å²) in [6.45, 7) is 8.53. The van der Waals surface area contributed by atoms with Crippen LogP contribution < -0.4 is 5.32 Å². The van der Waals surface area contributed by atoms with Crippen molar-refractivity contribution >= 4 is 33.2 Å². The topological polar surface area (TPSA) is 32.3 Å². The lowest BCUT2D eigenvalue weighted by atomic mass is 9.91. The first-order valence-corrected chi connectivity index (χ1v) is 10.5. The lowest BCUT2D eigenvalue weighted by Gasteiger charge is -2.35. The number of piperidine rings is 1. The molecule has 1 fully saturated rings. The number of nitrogens with zero attached hydrogens (tertiary/aromatic N) is 1. The van der Waals surface area contributed by atoms with E-state index in [1.165, 1.54) is 28.9 Å². The lowest BCUT2D eigenvalue weighted by molar-refractivity contribution is 0.0954. The Bertz CT molecular complexity index is 720. The highest BCUT2D eigenvalue weighted by molar-refractivity contribution is 9.10. The van der Waals surface area contributed by atoms with Crippen LogP contribution in [0.15, 0.2) is 40.2 Å². The van der Waals surface area contributed by atoms with E-state index in [4.69, 9.17) is 0 Å². The third-order valence-corrected chi connectivity index (χ3v) is 6.56. The summed E-state index contributed by atoms with van der Waals surface area (Å²) in [6.07, 6.45) is 1.32. The van der Waals surface area contributed by atoms with E-state index >= 15 is 0 Å². The Morgan fingerprint density at radius 3 is 2.52 bits per heavy atom. The van der Waals surface area contributed by atoms with Gasteiger partial charge in [-0.2, -0.15) is 0 Å². The Kier molecular flexibility index (Phi) is 6.31. The third kappa shape index (κ3) is 4.93. The predicted molar refractivity (Wildman–Crippen MR) is 108 cm³/mol. The number of hydrogen-bond acceptors (Lipinski definition) is 3. The van der Waals surface area contributed by atoms with Crippen molar-refractivity contribution in [2.75, 3.05) is 13.1 Å². The predicted octanol–water partition coefficient (Wildman–Crippen LogP) is 4.92. The van der Waals surface area contributed by atoms with Crippen molar-refractivity contribution < 1.29 is 4.79 Å². The molecule has 1 aliphatic heterocycles. The maximum atomic E-state index is 12.3. The molecule has 0 aliphatic carbocycles. The second-order valence-corrected chi connectivity index (χ2v) is 8.96. The van der Waals surface area contributed by atoms with Crippen LogP contribution in [0.5, 0.6) is 0 Å². The van der Waals surface area contributed by atoms with Crippen molar-refractivity contribution in [2.45, 2.75) is 33.4 Å². The number of amides is 1. The number of nitrogens with one attached hydrogen (secondary N) is 1. The molecule has 2 heterocycles. The van der Waals surface area contributed by atoms with Crippen molar-refractivity contribution in [1.29, 1.82) is 0 Å². The van der Waals surface area contributed by atoms with Gasteiger partial charge in [0.05, 0.1) is 0 Å². The molecule has 0 spiro atoms. The van der Waals surface area contributed by atoms with E-state index in [1.807, 2.05) is 17.5 Å². The molecule has 3 nitrogen and oxygen atoms in total. The van der Waals surface area contributed by atoms with Crippen LogP contribution >= 0.6 is 27.3 Å². The van der Waals surface area contributed by atoms with E-state index in [1.54, 1.807) is 0 Å². The van der Waals surface area contributed by atoms with Crippen molar-refractivity contribution in [3.8, 4) is 0 Å². The summed E-state index contributed by atoms with van der Waals surface area (Å²) in [5.74, 6) is 1.50. The van der Waals surface area contributed by atoms with Crippen LogP contribution in [0.4, 0.5) is 0 Å². The molecule has 2 unspecified atom stereocenters. The molecule has 1 aliphatic rings. The molecule has 1 aromatic carbocycles. The molecule has 2 atom stereocenters. The van der Waals surface area contributed by atoms with Crippen molar-refractivity contribution in [1.82, 2.24) is 10.2 Å². The van der Waals surface area contributed by atoms with Gasteiger partial charge in [0, 0.05) is 30.7 Å². The van der Waals surface area contributed by atoms with Gasteiger partial charge in [0.25, 0.3) is 5.91 Å². The zero-order valence-electron chi connectivity index (χ0n) is 14.8. The molecular weight excluding hydrogens is 396 g/mol. The number of carbonyl (C=O) groups is 1. The monoisotopic (exact) mass is 420 g/mol. The molecule has 0 bridgehead atoms. The van der Waals surface area contributed by atoms with Gasteiger partial charge in [-0.15, -0.1) is 11.3 Å². The number of carbonyl (C=O) groups excluding carboxylic acids is 1. The fraction of sp³-hybridized carbons (Fsp3) is 0.450. The lowest BCUT2D eigenvalue weighted by Crippen LogP contribution is -2.38. The Morgan fingerprint density at radius 1 is 1.20 bits per heavy atom. The van der Waals surface area contributed by atoms with Gasteiger partial charge in [-0.3, -0.25) is 9.69 Å². The second kappa shape index (κ2) is 8.47. The van der Waals surface area contributed by atoms with E-state index < -0.39 is 0 Å². The Labute approximate surface area is 162 Å². The standard InChI is InChI=1S/C20H25BrN2OS/c1-14-9-15(2)12-23(11-14)13-17-6-4-3-5-16(17)10-22-20(24)19-18(21)7-8-25-19/h3-8,14-15H,9-13H2,1-2H3,(H,22,24).